The fraction of sp³-hybridized carbons (Fsp3) is 0.429. The number of aromatic nitrogens is 5. The minimum atomic E-state index is 0.0643. The first-order valence-electron chi connectivity index (χ1n) is 9.52. The molecule has 7 nitrogen and oxygen atoms in total. The maximum atomic E-state index is 12.9. The summed E-state index contributed by atoms with van der Waals surface area (Å²) in [6.45, 7) is 10.7. The molecule has 3 aromatic rings. The van der Waals surface area contributed by atoms with Gasteiger partial charge in [0.2, 0.25) is 5.16 Å². The Balaban J connectivity index is 1.79. The van der Waals surface area contributed by atoms with Crippen molar-refractivity contribution >= 4 is 17.5 Å². The molecular weight excluding hydrogens is 386 g/mol. The number of rotatable bonds is 8. The molecule has 0 aliphatic carbocycles. The van der Waals surface area contributed by atoms with Crippen molar-refractivity contribution in [3.63, 3.8) is 0 Å². The molecule has 1 aromatic carbocycles. The Morgan fingerprint density at radius 3 is 2.69 bits per heavy atom. The van der Waals surface area contributed by atoms with Crippen LogP contribution in [0.3, 0.4) is 0 Å². The zero-order valence-electron chi connectivity index (χ0n) is 17.8. The molecule has 0 aliphatic rings. The zero-order chi connectivity index (χ0) is 21.1. The Kier molecular flexibility index (Phi) is 6.54. The van der Waals surface area contributed by atoms with E-state index in [1.807, 2.05) is 45.9 Å². The molecule has 3 rings (SSSR count). The predicted molar refractivity (Wildman–Crippen MR) is 114 cm³/mol. The highest BCUT2D eigenvalue weighted by Gasteiger charge is 2.20. The van der Waals surface area contributed by atoms with Gasteiger partial charge in [0.15, 0.2) is 5.78 Å². The lowest BCUT2D eigenvalue weighted by atomic mass is 10.1. The van der Waals surface area contributed by atoms with E-state index in [0.717, 1.165) is 33.8 Å². The van der Waals surface area contributed by atoms with Crippen LogP contribution in [0.1, 0.15) is 45.8 Å². The molecule has 0 saturated carbocycles. The molecule has 0 N–H and O–H groups in total. The largest absolute Gasteiger partial charge is 0.383 e. The lowest BCUT2D eigenvalue weighted by molar-refractivity contribution is 0.102. The Hall–Kier alpha value is -2.45. The van der Waals surface area contributed by atoms with Crippen molar-refractivity contribution in [2.45, 2.75) is 45.8 Å². The van der Waals surface area contributed by atoms with Crippen LogP contribution in [-0.4, -0.2) is 50.0 Å². The smallest absolute Gasteiger partial charge is 0.214 e. The van der Waals surface area contributed by atoms with Gasteiger partial charge < -0.3 is 9.30 Å². The standard InChI is InChI=1S/C21H27N5O2S/c1-13-7-8-14(2)19(9-13)26-21(22-23-24-26)29-12-20(27)18-10-15(3)25(17(18)5)16(4)11-28-6/h7-10,16H,11-12H2,1-6H3/t16-/m0/s1. The van der Waals surface area contributed by atoms with E-state index in [1.54, 1.807) is 11.8 Å². The summed E-state index contributed by atoms with van der Waals surface area (Å²) in [4.78, 5) is 12.9. The van der Waals surface area contributed by atoms with Crippen LogP contribution in [0.4, 0.5) is 0 Å². The van der Waals surface area contributed by atoms with Crippen molar-refractivity contribution in [2.24, 2.45) is 0 Å². The van der Waals surface area contributed by atoms with Crippen LogP contribution >= 0.6 is 11.8 Å². The third-order valence-corrected chi connectivity index (χ3v) is 5.92. The topological polar surface area (TPSA) is 74.8 Å². The lowest BCUT2D eigenvalue weighted by Crippen LogP contribution is -2.15. The van der Waals surface area contributed by atoms with Crippen LogP contribution in [0.25, 0.3) is 5.69 Å². The molecule has 0 aliphatic heterocycles. The van der Waals surface area contributed by atoms with E-state index in [9.17, 15) is 4.79 Å². The summed E-state index contributed by atoms with van der Waals surface area (Å²) < 4.78 is 9.13. The van der Waals surface area contributed by atoms with E-state index < -0.39 is 0 Å². The van der Waals surface area contributed by atoms with Crippen molar-refractivity contribution in [3.05, 3.63) is 52.3 Å². The molecule has 0 spiro atoms. The second-order valence-corrected chi connectivity index (χ2v) is 8.28. The van der Waals surface area contributed by atoms with Gasteiger partial charge in [0.25, 0.3) is 0 Å². The second kappa shape index (κ2) is 8.92. The van der Waals surface area contributed by atoms with Gasteiger partial charge >= 0.3 is 0 Å². The van der Waals surface area contributed by atoms with Gasteiger partial charge in [0.1, 0.15) is 0 Å². The van der Waals surface area contributed by atoms with Gasteiger partial charge in [0.05, 0.1) is 24.1 Å². The first-order chi connectivity index (χ1) is 13.8. The molecule has 2 heterocycles. The minimum absolute atomic E-state index is 0.0643. The molecule has 0 unspecified atom stereocenters. The van der Waals surface area contributed by atoms with Gasteiger partial charge in [0, 0.05) is 24.1 Å². The van der Waals surface area contributed by atoms with E-state index >= 15 is 0 Å². The number of Topliss-reactive ketones (excluding diaryl/α,β-unsaturated/α-hetero) is 1. The average molecular weight is 414 g/mol. The molecule has 0 bridgehead atoms. The molecule has 154 valence electrons. The molecular formula is C21H27N5O2S. The second-order valence-electron chi connectivity index (χ2n) is 7.33. The maximum absolute atomic E-state index is 12.9. The van der Waals surface area contributed by atoms with Crippen molar-refractivity contribution in [2.75, 3.05) is 19.5 Å². The van der Waals surface area contributed by atoms with Gasteiger partial charge in [-0.15, -0.1) is 5.10 Å². The third kappa shape index (κ3) is 4.43. The maximum Gasteiger partial charge on any atom is 0.214 e. The number of tetrazole rings is 1. The molecule has 0 radical (unpaired) electrons. The van der Waals surface area contributed by atoms with Crippen molar-refractivity contribution in [1.29, 1.82) is 0 Å². The van der Waals surface area contributed by atoms with Crippen LogP contribution < -0.4 is 0 Å². The lowest BCUT2D eigenvalue weighted by Gasteiger charge is -2.17. The van der Waals surface area contributed by atoms with Gasteiger partial charge in [-0.25, -0.2) is 0 Å². The quantitative estimate of drug-likeness (QED) is 0.412. The summed E-state index contributed by atoms with van der Waals surface area (Å²) in [6.07, 6.45) is 0. The highest BCUT2D eigenvalue weighted by molar-refractivity contribution is 7.99. The summed E-state index contributed by atoms with van der Waals surface area (Å²) in [5.41, 5.74) is 5.89. The van der Waals surface area contributed by atoms with Gasteiger partial charge in [-0.2, -0.15) is 4.68 Å². The van der Waals surface area contributed by atoms with Crippen LogP contribution in [0.5, 0.6) is 0 Å². The number of nitrogens with zero attached hydrogens (tertiary/aromatic N) is 5. The number of ether oxygens (including phenoxy) is 1. The van der Waals surface area contributed by atoms with E-state index in [4.69, 9.17) is 4.74 Å². The van der Waals surface area contributed by atoms with Crippen molar-refractivity contribution in [3.8, 4) is 5.69 Å². The van der Waals surface area contributed by atoms with Crippen LogP contribution in [0.15, 0.2) is 29.4 Å². The van der Waals surface area contributed by atoms with E-state index in [0.29, 0.717) is 11.8 Å². The Labute approximate surface area is 175 Å². The number of methoxy groups -OCH3 is 1. The number of carbonyl (C=O) groups excluding carboxylic acids is 1. The Morgan fingerprint density at radius 2 is 1.97 bits per heavy atom. The highest BCUT2D eigenvalue weighted by Crippen LogP contribution is 2.25. The summed E-state index contributed by atoms with van der Waals surface area (Å²) in [7, 11) is 1.69. The van der Waals surface area contributed by atoms with Crippen LogP contribution in [-0.2, 0) is 4.74 Å². The molecule has 0 fully saturated rings. The monoisotopic (exact) mass is 413 g/mol. The Morgan fingerprint density at radius 1 is 1.21 bits per heavy atom. The van der Waals surface area contributed by atoms with Crippen molar-refractivity contribution < 1.29 is 9.53 Å². The number of benzene rings is 1. The van der Waals surface area contributed by atoms with Crippen molar-refractivity contribution in [1.82, 2.24) is 24.8 Å². The fourth-order valence-electron chi connectivity index (χ4n) is 3.63. The number of hydrogen-bond donors (Lipinski definition) is 0. The average Bonchev–Trinajstić information content (AvgIpc) is 3.26. The predicted octanol–water partition coefficient (Wildman–Crippen LogP) is 3.88. The van der Waals surface area contributed by atoms with Gasteiger partial charge in [-0.3, -0.25) is 4.79 Å². The molecule has 8 heteroatoms. The van der Waals surface area contributed by atoms with Crippen LogP contribution in [0, 0.1) is 27.7 Å². The number of carbonyl (C=O) groups is 1. The fourth-order valence-corrected chi connectivity index (χ4v) is 4.40. The summed E-state index contributed by atoms with van der Waals surface area (Å²) in [5.74, 6) is 0.336. The molecule has 29 heavy (non-hydrogen) atoms. The highest BCUT2D eigenvalue weighted by atomic mass is 32.2. The Bertz CT molecular complexity index is 1020. The minimum Gasteiger partial charge on any atom is -0.383 e. The number of ketones is 1. The SMILES string of the molecule is COC[C@H](C)n1c(C)cc(C(=O)CSc2nnnn2-c2cc(C)ccc2C)c1C. The number of thioether (sulfide) groups is 1. The molecule has 0 amide bonds. The molecule has 0 saturated heterocycles. The van der Waals surface area contributed by atoms with E-state index in [1.165, 1.54) is 11.8 Å². The first-order valence-corrected chi connectivity index (χ1v) is 10.5. The summed E-state index contributed by atoms with van der Waals surface area (Å²) in [5, 5.41) is 12.7. The first kappa shape index (κ1) is 21.3. The third-order valence-electron chi connectivity index (χ3n) is 5.00. The number of aryl methyl sites for hydroxylation is 3. The summed E-state index contributed by atoms with van der Waals surface area (Å²) >= 11 is 1.35. The van der Waals surface area contributed by atoms with Gasteiger partial charge in [-0.05, 0) is 68.3 Å². The normalized spacial score (nSPS) is 12.3. The molecule has 2 aromatic heterocycles. The van der Waals surface area contributed by atoms with E-state index in [-0.39, 0.29) is 17.6 Å². The van der Waals surface area contributed by atoms with Gasteiger partial charge in [-0.1, -0.05) is 23.9 Å². The number of hydrogen-bond acceptors (Lipinski definition) is 6. The molecule has 1 atom stereocenters. The van der Waals surface area contributed by atoms with E-state index in [2.05, 4.69) is 33.1 Å². The zero-order valence-corrected chi connectivity index (χ0v) is 18.6. The summed E-state index contributed by atoms with van der Waals surface area (Å²) in [6, 6.07) is 8.27. The van der Waals surface area contributed by atoms with Crippen LogP contribution in [0.2, 0.25) is 0 Å².